The largest absolute Gasteiger partial charge is 0.459 e. The molecule has 0 amide bonds. The average molecular weight is 410 g/mol. The monoisotopic (exact) mass is 410 g/mol. The van der Waals surface area contributed by atoms with Gasteiger partial charge in [-0.2, -0.15) is 0 Å². The fraction of sp³-hybridized carbons (Fsp3) is 0.667. The molecule has 0 fully saturated rings. The zero-order valence-corrected chi connectivity index (χ0v) is 16.7. The highest BCUT2D eigenvalue weighted by atomic mass is 16.6. The van der Waals surface area contributed by atoms with Crippen LogP contribution in [-0.2, 0) is 28.5 Å². The molecule has 10 nitrogen and oxygen atoms in total. The molecular weight excluding hydrogens is 376 g/mol. The van der Waals surface area contributed by atoms with E-state index in [2.05, 4.69) is 22.6 Å². The molecule has 0 aliphatic heterocycles. The van der Waals surface area contributed by atoms with Crippen LogP contribution < -0.4 is 0 Å². The summed E-state index contributed by atoms with van der Waals surface area (Å²) in [7, 11) is 0. The standard InChI is InChI=1S/C10H14O4.C6H14O4.C2H6O2/c1-7(2)9(11)13-5-6-14-10(12)8(3)4;7-1-3-9-5-6-10-4-2-8;3-1-2-4/h1,3,5-6H2,2,4H3;7-8H,1-6H2;3-4H,1-2H2. The number of aliphatic hydroxyl groups excluding tert-OH is 4. The van der Waals surface area contributed by atoms with Crippen LogP contribution in [0.15, 0.2) is 24.3 Å². The Morgan fingerprint density at radius 2 is 0.929 bits per heavy atom. The van der Waals surface area contributed by atoms with Gasteiger partial charge in [0.25, 0.3) is 0 Å². The highest BCUT2D eigenvalue weighted by molar-refractivity contribution is 5.87. The van der Waals surface area contributed by atoms with Crippen LogP contribution in [0.5, 0.6) is 0 Å². The van der Waals surface area contributed by atoms with Crippen molar-refractivity contribution in [3.8, 4) is 0 Å². The van der Waals surface area contributed by atoms with Gasteiger partial charge in [0.2, 0.25) is 0 Å². The first-order valence-corrected chi connectivity index (χ1v) is 8.52. The van der Waals surface area contributed by atoms with Gasteiger partial charge in [-0.1, -0.05) is 13.2 Å². The number of hydrogen-bond donors (Lipinski definition) is 4. The van der Waals surface area contributed by atoms with Gasteiger partial charge < -0.3 is 39.4 Å². The Labute approximate surface area is 166 Å². The van der Waals surface area contributed by atoms with Crippen LogP contribution in [-0.4, -0.2) is 98.4 Å². The molecule has 0 bridgehead atoms. The van der Waals surface area contributed by atoms with Crippen molar-refractivity contribution in [2.24, 2.45) is 0 Å². The number of esters is 2. The maximum atomic E-state index is 10.8. The normalized spacial score (nSPS) is 9.21. The molecule has 0 aromatic heterocycles. The number of ether oxygens (including phenoxy) is 4. The molecule has 0 spiro atoms. The van der Waals surface area contributed by atoms with Crippen molar-refractivity contribution in [1.82, 2.24) is 0 Å². The van der Waals surface area contributed by atoms with Crippen molar-refractivity contribution >= 4 is 11.9 Å². The van der Waals surface area contributed by atoms with Crippen molar-refractivity contribution in [1.29, 1.82) is 0 Å². The van der Waals surface area contributed by atoms with Crippen LogP contribution in [0, 0.1) is 0 Å². The van der Waals surface area contributed by atoms with E-state index in [0.29, 0.717) is 37.6 Å². The fourth-order valence-electron chi connectivity index (χ4n) is 0.966. The number of carbonyl (C=O) groups is 2. The second-order valence-corrected chi connectivity index (χ2v) is 4.95. The minimum atomic E-state index is -0.489. The van der Waals surface area contributed by atoms with Gasteiger partial charge in [0.05, 0.1) is 52.9 Å². The van der Waals surface area contributed by atoms with E-state index < -0.39 is 11.9 Å². The van der Waals surface area contributed by atoms with Gasteiger partial charge in [-0.25, -0.2) is 9.59 Å². The maximum absolute atomic E-state index is 10.8. The zero-order valence-electron chi connectivity index (χ0n) is 16.7. The van der Waals surface area contributed by atoms with Gasteiger partial charge in [0.15, 0.2) is 0 Å². The minimum absolute atomic E-state index is 0.0325. The second-order valence-electron chi connectivity index (χ2n) is 4.95. The molecule has 0 saturated heterocycles. The first-order chi connectivity index (χ1) is 13.3. The molecule has 0 saturated carbocycles. The summed E-state index contributed by atoms with van der Waals surface area (Å²) < 4.78 is 19.1. The molecule has 0 rings (SSSR count). The van der Waals surface area contributed by atoms with E-state index >= 15 is 0 Å². The van der Waals surface area contributed by atoms with E-state index in [0.717, 1.165) is 0 Å². The lowest BCUT2D eigenvalue weighted by molar-refractivity contribution is -0.147. The lowest BCUT2D eigenvalue weighted by Crippen LogP contribution is -2.14. The summed E-state index contributed by atoms with van der Waals surface area (Å²) in [6.07, 6.45) is 0. The molecular formula is C18H34O10. The lowest BCUT2D eigenvalue weighted by atomic mass is 10.4. The fourth-order valence-corrected chi connectivity index (χ4v) is 0.966. The van der Waals surface area contributed by atoms with E-state index in [1.165, 1.54) is 0 Å². The molecule has 0 aromatic carbocycles. The van der Waals surface area contributed by atoms with Crippen molar-refractivity contribution in [2.45, 2.75) is 13.8 Å². The Balaban J connectivity index is -0.000000388. The molecule has 0 unspecified atom stereocenters. The third-order valence-corrected chi connectivity index (χ3v) is 2.19. The zero-order chi connectivity index (χ0) is 22.2. The van der Waals surface area contributed by atoms with E-state index in [-0.39, 0.29) is 39.6 Å². The summed E-state index contributed by atoms with van der Waals surface area (Å²) in [6, 6.07) is 0. The number of rotatable bonds is 13. The number of carbonyl (C=O) groups excluding carboxylic acids is 2. The Hall–Kier alpha value is -1.82. The Morgan fingerprint density at radius 1 is 0.607 bits per heavy atom. The van der Waals surface area contributed by atoms with Crippen molar-refractivity contribution in [2.75, 3.05) is 66.1 Å². The minimum Gasteiger partial charge on any atom is -0.459 e. The molecule has 166 valence electrons. The molecule has 0 aliphatic carbocycles. The van der Waals surface area contributed by atoms with E-state index in [9.17, 15) is 9.59 Å². The molecule has 28 heavy (non-hydrogen) atoms. The van der Waals surface area contributed by atoms with Gasteiger partial charge in [-0.15, -0.1) is 0 Å². The highest BCUT2D eigenvalue weighted by Crippen LogP contribution is 1.94. The molecule has 0 aromatic rings. The van der Waals surface area contributed by atoms with Crippen LogP contribution in [0.3, 0.4) is 0 Å². The third kappa shape index (κ3) is 29.0. The Kier molecular flexibility index (Phi) is 27.8. The van der Waals surface area contributed by atoms with Crippen LogP contribution in [0.2, 0.25) is 0 Å². The van der Waals surface area contributed by atoms with Crippen LogP contribution in [0.1, 0.15) is 13.8 Å². The molecule has 10 heteroatoms. The van der Waals surface area contributed by atoms with Gasteiger partial charge in [-0.05, 0) is 13.8 Å². The Morgan fingerprint density at radius 3 is 1.14 bits per heavy atom. The molecule has 0 heterocycles. The van der Waals surface area contributed by atoms with E-state index in [1.807, 2.05) is 0 Å². The molecule has 0 aliphatic rings. The quantitative estimate of drug-likeness (QED) is 0.172. The van der Waals surface area contributed by atoms with Crippen molar-refractivity contribution in [3.05, 3.63) is 24.3 Å². The lowest BCUT2D eigenvalue weighted by Gasteiger charge is -2.05. The van der Waals surface area contributed by atoms with Gasteiger partial charge in [0, 0.05) is 11.1 Å². The van der Waals surface area contributed by atoms with E-state index in [4.69, 9.17) is 29.9 Å². The summed E-state index contributed by atoms with van der Waals surface area (Å²) in [5.41, 5.74) is 0.632. The maximum Gasteiger partial charge on any atom is 0.333 e. The second kappa shape index (κ2) is 25.2. The van der Waals surface area contributed by atoms with E-state index in [1.54, 1.807) is 13.8 Å². The molecule has 4 N–H and O–H groups in total. The Bertz CT molecular complexity index is 371. The topological polar surface area (TPSA) is 152 Å². The third-order valence-electron chi connectivity index (χ3n) is 2.19. The van der Waals surface area contributed by atoms with Crippen LogP contribution >= 0.6 is 0 Å². The molecule has 0 radical (unpaired) electrons. The first kappa shape index (κ1) is 30.9. The SMILES string of the molecule is C=C(C)C(=O)OCCOC(=O)C(=C)C.OCCO.OCCOCCOCCO. The van der Waals surface area contributed by atoms with Gasteiger partial charge in [0.1, 0.15) is 13.2 Å². The summed E-state index contributed by atoms with van der Waals surface area (Å²) in [4.78, 5) is 21.7. The van der Waals surface area contributed by atoms with Crippen LogP contribution in [0.25, 0.3) is 0 Å². The highest BCUT2D eigenvalue weighted by Gasteiger charge is 2.05. The predicted octanol–water partition coefficient (Wildman–Crippen LogP) is -0.800. The average Bonchev–Trinajstić information content (AvgIpc) is 2.68. The molecule has 0 atom stereocenters. The first-order valence-electron chi connectivity index (χ1n) is 8.52. The van der Waals surface area contributed by atoms with Gasteiger partial charge in [-0.3, -0.25) is 0 Å². The van der Waals surface area contributed by atoms with Crippen molar-refractivity contribution in [3.63, 3.8) is 0 Å². The number of aliphatic hydroxyl groups is 4. The summed E-state index contributed by atoms with van der Waals surface area (Å²) in [6.45, 7) is 11.4. The predicted molar refractivity (Wildman–Crippen MR) is 102 cm³/mol. The van der Waals surface area contributed by atoms with Crippen LogP contribution in [0.4, 0.5) is 0 Å². The summed E-state index contributed by atoms with van der Waals surface area (Å²) in [5, 5.41) is 31.8. The summed E-state index contributed by atoms with van der Waals surface area (Å²) in [5.74, 6) is -0.979. The smallest absolute Gasteiger partial charge is 0.333 e. The summed E-state index contributed by atoms with van der Waals surface area (Å²) >= 11 is 0. The number of hydrogen-bond acceptors (Lipinski definition) is 10. The van der Waals surface area contributed by atoms with Gasteiger partial charge >= 0.3 is 11.9 Å². The van der Waals surface area contributed by atoms with Crippen molar-refractivity contribution < 1.29 is 49.0 Å².